The zero-order chi connectivity index (χ0) is 8.91. The molecule has 1 N–H and O–H groups in total. The van der Waals surface area contributed by atoms with Gasteiger partial charge in [-0.25, -0.2) is 0 Å². The Bertz CT molecular complexity index is 91.0. The van der Waals surface area contributed by atoms with Gasteiger partial charge in [0.1, 0.15) is 0 Å². The van der Waals surface area contributed by atoms with E-state index in [2.05, 4.69) is 26.1 Å². The number of hydrogen-bond acceptors (Lipinski definition) is 1. The van der Waals surface area contributed by atoms with Crippen LogP contribution in [-0.2, 0) is 0 Å². The van der Waals surface area contributed by atoms with Gasteiger partial charge in [-0.05, 0) is 24.3 Å². The average Bonchev–Trinajstić information content (AvgIpc) is 2.42. The summed E-state index contributed by atoms with van der Waals surface area (Å²) in [6.07, 6.45) is 1.35. The fourth-order valence-electron chi connectivity index (χ4n) is 1.33. The van der Waals surface area contributed by atoms with E-state index < -0.39 is 0 Å². The third-order valence-electron chi connectivity index (χ3n) is 2.80. The molecule has 1 aliphatic rings. The molecule has 68 valence electrons. The van der Waals surface area contributed by atoms with Crippen LogP contribution < -0.4 is 5.32 Å². The molecule has 0 aromatic heterocycles. The van der Waals surface area contributed by atoms with Gasteiger partial charge >= 0.3 is 0 Å². The molecule has 0 saturated carbocycles. The molecule has 0 aliphatic carbocycles. The Hall–Kier alpha value is -0.0400. The molecular weight excluding hydrogens is 134 g/mol. The van der Waals surface area contributed by atoms with Crippen molar-refractivity contribution in [3.63, 3.8) is 0 Å². The molecule has 1 heterocycles. The third kappa shape index (κ3) is 2.82. The maximum absolute atomic E-state index is 3.39. The van der Waals surface area contributed by atoms with Crippen LogP contribution in [0.15, 0.2) is 0 Å². The zero-order valence-corrected chi connectivity index (χ0v) is 8.70. The van der Waals surface area contributed by atoms with Gasteiger partial charge in [-0.3, -0.25) is 0 Å². The maximum atomic E-state index is 3.39. The maximum Gasteiger partial charge on any atom is 0.000809 e. The van der Waals surface area contributed by atoms with Gasteiger partial charge in [-0.2, -0.15) is 0 Å². The van der Waals surface area contributed by atoms with Crippen molar-refractivity contribution in [1.29, 1.82) is 0 Å². The van der Waals surface area contributed by atoms with E-state index in [1.807, 2.05) is 13.8 Å². The first kappa shape index (κ1) is 11.0. The molecule has 0 bridgehead atoms. The van der Waals surface area contributed by atoms with E-state index in [0.717, 1.165) is 5.92 Å². The fraction of sp³-hybridized carbons (Fsp3) is 1.00. The van der Waals surface area contributed by atoms with Crippen molar-refractivity contribution in [3.05, 3.63) is 0 Å². The lowest BCUT2D eigenvalue weighted by Crippen LogP contribution is -2.25. The van der Waals surface area contributed by atoms with Crippen LogP contribution in [0.1, 0.15) is 41.0 Å². The number of hydrogen-bond donors (Lipinski definition) is 1. The van der Waals surface area contributed by atoms with Gasteiger partial charge in [0.15, 0.2) is 0 Å². The van der Waals surface area contributed by atoms with Crippen molar-refractivity contribution < 1.29 is 0 Å². The van der Waals surface area contributed by atoms with Gasteiger partial charge in [-0.15, -0.1) is 0 Å². The first-order valence-corrected chi connectivity index (χ1v) is 4.86. The smallest absolute Gasteiger partial charge is 0.000809 e. The predicted octanol–water partition coefficient (Wildman–Crippen LogP) is 2.67. The molecule has 1 fully saturated rings. The van der Waals surface area contributed by atoms with Crippen molar-refractivity contribution in [2.75, 3.05) is 13.1 Å². The minimum absolute atomic E-state index is 0.583. The Morgan fingerprint density at radius 2 is 1.82 bits per heavy atom. The van der Waals surface area contributed by atoms with Crippen LogP contribution in [-0.4, -0.2) is 13.1 Å². The Labute approximate surface area is 71.6 Å². The highest BCUT2D eigenvalue weighted by molar-refractivity contribution is 4.85. The van der Waals surface area contributed by atoms with Crippen LogP contribution in [0.5, 0.6) is 0 Å². The van der Waals surface area contributed by atoms with Gasteiger partial charge in [0, 0.05) is 6.54 Å². The van der Waals surface area contributed by atoms with E-state index in [-0.39, 0.29) is 0 Å². The topological polar surface area (TPSA) is 12.0 Å². The van der Waals surface area contributed by atoms with Crippen LogP contribution in [0.4, 0.5) is 0 Å². The summed E-state index contributed by atoms with van der Waals surface area (Å²) in [6, 6.07) is 0. The van der Waals surface area contributed by atoms with E-state index in [0.29, 0.717) is 5.41 Å². The SMILES string of the molecule is CC.CC(C)C1(C)CCNC1. The summed E-state index contributed by atoms with van der Waals surface area (Å²) in [5.74, 6) is 0.826. The summed E-state index contributed by atoms with van der Waals surface area (Å²) in [4.78, 5) is 0. The highest BCUT2D eigenvalue weighted by Crippen LogP contribution is 2.32. The number of nitrogens with one attached hydrogen (secondary N) is 1. The Balaban J connectivity index is 0.000000461. The molecule has 0 amide bonds. The molecule has 0 aromatic carbocycles. The second-order valence-corrected chi connectivity index (χ2v) is 3.74. The van der Waals surface area contributed by atoms with Crippen LogP contribution in [0.25, 0.3) is 0 Å². The minimum atomic E-state index is 0.583. The Kier molecular flexibility index (Phi) is 4.74. The minimum Gasteiger partial charge on any atom is -0.316 e. The van der Waals surface area contributed by atoms with Crippen molar-refractivity contribution >= 4 is 0 Å². The van der Waals surface area contributed by atoms with Gasteiger partial charge in [0.05, 0.1) is 0 Å². The molecule has 11 heavy (non-hydrogen) atoms. The molecular formula is C10H23N. The molecule has 1 saturated heterocycles. The normalized spacial score (nSPS) is 30.0. The van der Waals surface area contributed by atoms with Crippen molar-refractivity contribution in [3.8, 4) is 0 Å². The van der Waals surface area contributed by atoms with Crippen LogP contribution >= 0.6 is 0 Å². The van der Waals surface area contributed by atoms with Gasteiger partial charge < -0.3 is 5.32 Å². The monoisotopic (exact) mass is 157 g/mol. The van der Waals surface area contributed by atoms with Crippen LogP contribution in [0, 0.1) is 11.3 Å². The summed E-state index contributed by atoms with van der Waals surface area (Å²) in [5, 5.41) is 3.39. The van der Waals surface area contributed by atoms with Crippen LogP contribution in [0.2, 0.25) is 0 Å². The van der Waals surface area contributed by atoms with E-state index in [9.17, 15) is 0 Å². The molecule has 1 rings (SSSR count). The molecule has 1 heteroatoms. The second kappa shape index (κ2) is 4.76. The summed E-state index contributed by atoms with van der Waals surface area (Å²) in [6.45, 7) is 13.4. The standard InChI is InChI=1S/C8H17N.C2H6/c1-7(2)8(3)4-5-9-6-8;1-2/h7,9H,4-6H2,1-3H3;1-2H3. The van der Waals surface area contributed by atoms with E-state index in [4.69, 9.17) is 0 Å². The lowest BCUT2D eigenvalue weighted by Gasteiger charge is -2.27. The zero-order valence-electron chi connectivity index (χ0n) is 8.70. The highest BCUT2D eigenvalue weighted by Gasteiger charge is 2.31. The van der Waals surface area contributed by atoms with Crippen molar-refractivity contribution in [1.82, 2.24) is 5.32 Å². The first-order valence-electron chi connectivity index (χ1n) is 4.86. The molecule has 1 nitrogen and oxygen atoms in total. The second-order valence-electron chi connectivity index (χ2n) is 3.74. The summed E-state index contributed by atoms with van der Waals surface area (Å²) in [5.41, 5.74) is 0.583. The average molecular weight is 157 g/mol. The third-order valence-corrected chi connectivity index (χ3v) is 2.80. The molecule has 1 unspecified atom stereocenters. The summed E-state index contributed by atoms with van der Waals surface area (Å²) >= 11 is 0. The van der Waals surface area contributed by atoms with Crippen LogP contribution in [0.3, 0.4) is 0 Å². The molecule has 0 radical (unpaired) electrons. The van der Waals surface area contributed by atoms with E-state index in [1.165, 1.54) is 19.5 Å². The van der Waals surface area contributed by atoms with Gasteiger partial charge in [0.2, 0.25) is 0 Å². The molecule has 0 aromatic rings. The Morgan fingerprint density at radius 3 is 2.00 bits per heavy atom. The van der Waals surface area contributed by atoms with Gasteiger partial charge in [0.25, 0.3) is 0 Å². The highest BCUT2D eigenvalue weighted by atomic mass is 14.9. The molecule has 0 spiro atoms. The lowest BCUT2D eigenvalue weighted by molar-refractivity contribution is 0.249. The fourth-order valence-corrected chi connectivity index (χ4v) is 1.33. The van der Waals surface area contributed by atoms with Crippen molar-refractivity contribution in [2.45, 2.75) is 41.0 Å². The molecule has 1 atom stereocenters. The van der Waals surface area contributed by atoms with E-state index >= 15 is 0 Å². The lowest BCUT2D eigenvalue weighted by atomic mass is 9.79. The van der Waals surface area contributed by atoms with E-state index in [1.54, 1.807) is 0 Å². The summed E-state index contributed by atoms with van der Waals surface area (Å²) in [7, 11) is 0. The first-order chi connectivity index (χ1) is 5.15. The predicted molar refractivity (Wildman–Crippen MR) is 51.8 cm³/mol. The summed E-state index contributed by atoms with van der Waals surface area (Å²) < 4.78 is 0. The van der Waals surface area contributed by atoms with Crippen molar-refractivity contribution in [2.24, 2.45) is 11.3 Å². The quantitative estimate of drug-likeness (QED) is 0.617. The van der Waals surface area contributed by atoms with Gasteiger partial charge in [-0.1, -0.05) is 34.6 Å². The number of rotatable bonds is 1. The Morgan fingerprint density at radius 1 is 1.27 bits per heavy atom. The molecule has 1 aliphatic heterocycles. The largest absolute Gasteiger partial charge is 0.316 e.